The fraction of sp³-hybridized carbons (Fsp3) is 0.333. The van der Waals surface area contributed by atoms with Crippen LogP contribution in [0.15, 0.2) is 22.6 Å². The second-order valence-electron chi connectivity index (χ2n) is 3.76. The Morgan fingerprint density at radius 1 is 1.11 bits per heavy atom. The summed E-state index contributed by atoms with van der Waals surface area (Å²) in [6.07, 6.45) is 1.24. The highest BCUT2D eigenvalue weighted by atomic mass is 35.5. The Morgan fingerprint density at radius 3 is 2.44 bits per heavy atom. The quantitative estimate of drug-likeness (QED) is 0.785. The molecule has 0 saturated heterocycles. The number of benzene rings is 1. The predicted octanol–water partition coefficient (Wildman–Crippen LogP) is 3.11. The van der Waals surface area contributed by atoms with E-state index < -0.39 is 11.6 Å². The van der Waals surface area contributed by atoms with Crippen molar-refractivity contribution in [2.24, 2.45) is 0 Å². The SMILES string of the molecule is Fc1cccc(F)c1Cc1nnc(CCCCl)o1. The summed E-state index contributed by atoms with van der Waals surface area (Å²) in [6, 6.07) is 3.71. The highest BCUT2D eigenvalue weighted by Crippen LogP contribution is 2.16. The van der Waals surface area contributed by atoms with E-state index in [-0.39, 0.29) is 17.9 Å². The third kappa shape index (κ3) is 3.04. The molecule has 0 radical (unpaired) electrons. The number of aromatic nitrogens is 2. The summed E-state index contributed by atoms with van der Waals surface area (Å²) in [5.41, 5.74) is -0.0648. The van der Waals surface area contributed by atoms with Gasteiger partial charge in [-0.2, -0.15) is 0 Å². The van der Waals surface area contributed by atoms with Crippen molar-refractivity contribution in [2.75, 3.05) is 5.88 Å². The van der Waals surface area contributed by atoms with Crippen LogP contribution in [0.3, 0.4) is 0 Å². The first-order chi connectivity index (χ1) is 8.70. The molecule has 0 fully saturated rings. The molecule has 0 N–H and O–H groups in total. The molecular formula is C12H11ClF2N2O. The molecule has 2 rings (SSSR count). The standard InChI is InChI=1S/C12H11ClF2N2O/c13-6-2-5-11-16-17-12(18-11)7-8-9(14)3-1-4-10(8)15/h1,3-4H,2,5-7H2. The molecule has 0 spiro atoms. The van der Waals surface area contributed by atoms with Gasteiger partial charge in [-0.15, -0.1) is 21.8 Å². The van der Waals surface area contributed by atoms with Crippen molar-refractivity contribution < 1.29 is 13.2 Å². The molecule has 6 heteroatoms. The van der Waals surface area contributed by atoms with Crippen molar-refractivity contribution in [3.05, 3.63) is 47.2 Å². The monoisotopic (exact) mass is 272 g/mol. The van der Waals surface area contributed by atoms with E-state index in [0.29, 0.717) is 18.2 Å². The average molecular weight is 273 g/mol. The maximum absolute atomic E-state index is 13.4. The minimum absolute atomic E-state index is 0.0492. The van der Waals surface area contributed by atoms with Crippen LogP contribution in [0.25, 0.3) is 0 Å². The smallest absolute Gasteiger partial charge is 0.221 e. The molecule has 0 aliphatic heterocycles. The highest BCUT2D eigenvalue weighted by Gasteiger charge is 2.13. The fourth-order valence-corrected chi connectivity index (χ4v) is 1.66. The Balaban J connectivity index is 2.11. The van der Waals surface area contributed by atoms with Crippen LogP contribution in [0.2, 0.25) is 0 Å². The third-order valence-corrected chi connectivity index (χ3v) is 2.69. The van der Waals surface area contributed by atoms with E-state index in [4.69, 9.17) is 16.0 Å². The van der Waals surface area contributed by atoms with Crippen LogP contribution in [-0.4, -0.2) is 16.1 Å². The van der Waals surface area contributed by atoms with Crippen LogP contribution in [-0.2, 0) is 12.8 Å². The maximum Gasteiger partial charge on any atom is 0.221 e. The summed E-state index contributed by atoms with van der Waals surface area (Å²) in [5.74, 6) is -0.100. The molecular weight excluding hydrogens is 262 g/mol. The van der Waals surface area contributed by atoms with E-state index in [1.165, 1.54) is 18.2 Å². The topological polar surface area (TPSA) is 38.9 Å². The minimum Gasteiger partial charge on any atom is -0.425 e. The van der Waals surface area contributed by atoms with Gasteiger partial charge in [-0.25, -0.2) is 8.78 Å². The van der Waals surface area contributed by atoms with Crippen LogP contribution < -0.4 is 0 Å². The van der Waals surface area contributed by atoms with Crippen LogP contribution in [0.5, 0.6) is 0 Å². The molecule has 0 aliphatic carbocycles. The van der Waals surface area contributed by atoms with Gasteiger partial charge in [0.15, 0.2) is 0 Å². The summed E-state index contributed by atoms with van der Waals surface area (Å²) in [4.78, 5) is 0. The number of alkyl halides is 1. The number of halogens is 3. The molecule has 0 aliphatic rings. The van der Waals surface area contributed by atoms with E-state index in [1.54, 1.807) is 0 Å². The zero-order chi connectivity index (χ0) is 13.0. The van der Waals surface area contributed by atoms with Gasteiger partial charge in [-0.05, 0) is 18.6 Å². The van der Waals surface area contributed by atoms with Crippen LogP contribution >= 0.6 is 11.6 Å². The lowest BCUT2D eigenvalue weighted by Crippen LogP contribution is -1.97. The minimum atomic E-state index is -0.615. The van der Waals surface area contributed by atoms with Crippen LogP contribution in [0.4, 0.5) is 8.78 Å². The maximum atomic E-state index is 13.4. The Hall–Kier alpha value is -1.49. The third-order valence-electron chi connectivity index (χ3n) is 2.42. The van der Waals surface area contributed by atoms with Gasteiger partial charge in [0.05, 0.1) is 6.42 Å². The lowest BCUT2D eigenvalue weighted by Gasteiger charge is -2.00. The largest absolute Gasteiger partial charge is 0.425 e. The number of hydrogen-bond donors (Lipinski definition) is 0. The molecule has 1 heterocycles. The molecule has 0 unspecified atom stereocenters. The van der Waals surface area contributed by atoms with Crippen molar-refractivity contribution in [1.82, 2.24) is 10.2 Å². The van der Waals surface area contributed by atoms with E-state index in [9.17, 15) is 8.78 Å². The first-order valence-corrected chi connectivity index (χ1v) is 6.04. The van der Waals surface area contributed by atoms with Gasteiger partial charge in [0, 0.05) is 17.9 Å². The van der Waals surface area contributed by atoms with Crippen molar-refractivity contribution in [3.8, 4) is 0 Å². The normalized spacial score (nSPS) is 10.8. The van der Waals surface area contributed by atoms with Gasteiger partial charge in [0.1, 0.15) is 11.6 Å². The van der Waals surface area contributed by atoms with Gasteiger partial charge < -0.3 is 4.42 Å². The Morgan fingerprint density at radius 2 is 1.78 bits per heavy atom. The summed E-state index contributed by atoms with van der Waals surface area (Å²) < 4.78 is 32.1. The van der Waals surface area contributed by atoms with Gasteiger partial charge in [0.2, 0.25) is 11.8 Å². The molecule has 3 nitrogen and oxygen atoms in total. The fourth-order valence-electron chi connectivity index (χ4n) is 1.53. The van der Waals surface area contributed by atoms with Crippen LogP contribution in [0, 0.1) is 11.6 Å². The molecule has 2 aromatic rings. The zero-order valence-corrected chi connectivity index (χ0v) is 10.3. The van der Waals surface area contributed by atoms with E-state index in [1.807, 2.05) is 0 Å². The zero-order valence-electron chi connectivity index (χ0n) is 9.50. The van der Waals surface area contributed by atoms with Crippen molar-refractivity contribution in [2.45, 2.75) is 19.3 Å². The van der Waals surface area contributed by atoms with E-state index in [2.05, 4.69) is 10.2 Å². The summed E-state index contributed by atoms with van der Waals surface area (Å²) >= 11 is 5.54. The second-order valence-corrected chi connectivity index (χ2v) is 4.14. The Kier molecular flexibility index (Phi) is 4.25. The number of aryl methyl sites for hydroxylation is 1. The number of hydrogen-bond acceptors (Lipinski definition) is 3. The first kappa shape index (κ1) is 13.0. The molecule has 0 saturated carbocycles. The Labute approximate surface area is 108 Å². The first-order valence-electron chi connectivity index (χ1n) is 5.51. The van der Waals surface area contributed by atoms with Gasteiger partial charge >= 0.3 is 0 Å². The number of rotatable bonds is 5. The lowest BCUT2D eigenvalue weighted by molar-refractivity contribution is 0.448. The Bertz CT molecular complexity index is 510. The summed E-state index contributed by atoms with van der Waals surface area (Å²) in [6.45, 7) is 0. The van der Waals surface area contributed by atoms with Crippen LogP contribution in [0.1, 0.15) is 23.8 Å². The average Bonchev–Trinajstić information content (AvgIpc) is 2.79. The van der Waals surface area contributed by atoms with Gasteiger partial charge in [-0.1, -0.05) is 6.07 Å². The lowest BCUT2D eigenvalue weighted by atomic mass is 10.1. The molecule has 0 amide bonds. The molecule has 1 aromatic heterocycles. The van der Waals surface area contributed by atoms with E-state index >= 15 is 0 Å². The second kappa shape index (κ2) is 5.91. The highest BCUT2D eigenvalue weighted by molar-refractivity contribution is 6.17. The van der Waals surface area contributed by atoms with Crippen molar-refractivity contribution in [3.63, 3.8) is 0 Å². The summed E-state index contributed by atoms with van der Waals surface area (Å²) in [7, 11) is 0. The predicted molar refractivity (Wildman–Crippen MR) is 62.5 cm³/mol. The number of nitrogens with zero attached hydrogens (tertiary/aromatic N) is 2. The molecule has 0 atom stereocenters. The summed E-state index contributed by atoms with van der Waals surface area (Å²) in [5, 5.41) is 7.54. The molecule has 0 bridgehead atoms. The van der Waals surface area contributed by atoms with Crippen molar-refractivity contribution in [1.29, 1.82) is 0 Å². The van der Waals surface area contributed by atoms with Gasteiger partial charge in [-0.3, -0.25) is 0 Å². The molecule has 18 heavy (non-hydrogen) atoms. The van der Waals surface area contributed by atoms with E-state index in [0.717, 1.165) is 6.42 Å². The molecule has 1 aromatic carbocycles. The van der Waals surface area contributed by atoms with Crippen molar-refractivity contribution >= 4 is 11.6 Å². The molecule has 96 valence electrons. The van der Waals surface area contributed by atoms with Gasteiger partial charge in [0.25, 0.3) is 0 Å².